The van der Waals surface area contributed by atoms with Gasteiger partial charge in [-0.2, -0.15) is 0 Å². The Morgan fingerprint density at radius 1 is 0.926 bits per heavy atom. The van der Waals surface area contributed by atoms with E-state index in [1.54, 1.807) is 37.3 Å². The molecule has 2 rings (SSSR count). The van der Waals surface area contributed by atoms with Gasteiger partial charge in [-0.05, 0) is 18.6 Å². The number of Topliss-reactive ketones (excluding diaryl/α,β-unsaturated/α-hetero) is 1. The van der Waals surface area contributed by atoms with Gasteiger partial charge in [-0.1, -0.05) is 37.3 Å². The highest BCUT2D eigenvalue weighted by molar-refractivity contribution is 7.46. The fraction of sp³-hybridized carbons (Fsp3) is 0.250. The molecule has 0 aliphatic carbocycles. The van der Waals surface area contributed by atoms with Gasteiger partial charge >= 0.3 is 0 Å². The molecule has 0 spiro atoms. The van der Waals surface area contributed by atoms with Crippen molar-refractivity contribution in [3.05, 3.63) is 59.2 Å². The zero-order chi connectivity index (χ0) is 20.0. The van der Waals surface area contributed by atoms with Crippen molar-refractivity contribution in [1.29, 1.82) is 0 Å². The van der Waals surface area contributed by atoms with Crippen molar-refractivity contribution in [1.82, 2.24) is 0 Å². The minimum Gasteiger partial charge on any atom is -0.496 e. The third-order valence-corrected chi connectivity index (χ3v) is 4.70. The normalized spacial score (nSPS) is 11.7. The lowest BCUT2D eigenvalue weighted by Crippen LogP contribution is -2.22. The molecule has 2 aromatic rings. The van der Waals surface area contributed by atoms with E-state index in [9.17, 15) is 18.9 Å². The lowest BCUT2D eigenvalue weighted by molar-refractivity contribution is -0.113. The molecule has 0 saturated heterocycles. The average Bonchev–Trinajstić information content (AvgIpc) is 2.72. The zero-order valence-electron chi connectivity index (χ0n) is 15.2. The summed E-state index contributed by atoms with van der Waals surface area (Å²) in [6.07, 6.45) is 0.188. The number of benzene rings is 2. The Bertz CT molecular complexity index is 868. The van der Waals surface area contributed by atoms with Crippen molar-refractivity contribution in [2.24, 2.45) is 5.92 Å². The first-order chi connectivity index (χ1) is 13.0. The van der Waals surface area contributed by atoms with Gasteiger partial charge in [0, 0.05) is 11.1 Å². The number of carbonyl (C=O) groups excluding carboxylic acids is 3. The molecule has 0 bridgehead atoms. The van der Waals surface area contributed by atoms with Crippen molar-refractivity contribution in [2.45, 2.75) is 13.3 Å². The zero-order valence-corrected chi connectivity index (χ0v) is 16.1. The topological polar surface area (TPSA) is 86.7 Å². The van der Waals surface area contributed by atoms with E-state index >= 15 is 0 Å². The fourth-order valence-electron chi connectivity index (χ4n) is 2.83. The number of carbonyl (C=O) groups is 3. The van der Waals surface area contributed by atoms with E-state index < -0.39 is 31.5 Å². The van der Waals surface area contributed by atoms with Gasteiger partial charge in [0.15, 0.2) is 5.78 Å². The van der Waals surface area contributed by atoms with Crippen LogP contribution in [0.25, 0.3) is 0 Å². The summed E-state index contributed by atoms with van der Waals surface area (Å²) in [5.41, 5.74) is -0.304. The summed E-state index contributed by atoms with van der Waals surface area (Å²) in [5.74, 6) is -1.46. The van der Waals surface area contributed by atoms with E-state index in [4.69, 9.17) is 9.47 Å². The Balaban J connectivity index is 2.60. The van der Waals surface area contributed by atoms with E-state index in [1.165, 1.54) is 26.4 Å². The summed E-state index contributed by atoms with van der Waals surface area (Å²) < 4.78 is 21.5. The molecule has 0 amide bonds. The van der Waals surface area contributed by atoms with Crippen molar-refractivity contribution in [3.8, 4) is 11.5 Å². The average molecular weight is 386 g/mol. The number of hydrogen-bond donors (Lipinski definition) is 0. The van der Waals surface area contributed by atoms with Gasteiger partial charge in [-0.3, -0.25) is 18.9 Å². The molecule has 0 radical (unpaired) electrons. The predicted octanol–water partition coefficient (Wildman–Crippen LogP) is 3.96. The molecule has 0 N–H and O–H groups in total. The molecule has 0 aliphatic heterocycles. The van der Waals surface area contributed by atoms with Crippen LogP contribution in [-0.4, -0.2) is 31.3 Å². The molecule has 0 fully saturated rings. The Morgan fingerprint density at radius 3 is 1.96 bits per heavy atom. The third-order valence-electron chi connectivity index (χ3n) is 4.20. The predicted molar refractivity (Wildman–Crippen MR) is 100 cm³/mol. The maximum atomic E-state index is 13.2. The van der Waals surface area contributed by atoms with Gasteiger partial charge in [0.1, 0.15) is 17.1 Å². The molecule has 0 aromatic heterocycles. The standard InChI is InChI=1S/C20H19O6P/c1-4-12(20(23)27-24)18(21)13-8-5-6-9-14(13)19(22)17-15(25-2)10-7-11-16(17)26-3/h5-12H,4H2,1-3H3. The molecule has 2 aromatic carbocycles. The third kappa shape index (κ3) is 4.12. The summed E-state index contributed by atoms with van der Waals surface area (Å²) in [6.45, 7) is 1.65. The summed E-state index contributed by atoms with van der Waals surface area (Å²) in [6, 6.07) is 11.1. The van der Waals surface area contributed by atoms with Crippen LogP contribution in [0.3, 0.4) is 0 Å². The van der Waals surface area contributed by atoms with Crippen LogP contribution in [0.2, 0.25) is 0 Å². The van der Waals surface area contributed by atoms with E-state index in [0.717, 1.165) is 0 Å². The van der Waals surface area contributed by atoms with Crippen LogP contribution in [0, 0.1) is 5.92 Å². The molecular weight excluding hydrogens is 367 g/mol. The first kappa shape index (κ1) is 20.5. The quantitative estimate of drug-likeness (QED) is 0.368. The van der Waals surface area contributed by atoms with Crippen molar-refractivity contribution < 1.29 is 28.4 Å². The van der Waals surface area contributed by atoms with Crippen molar-refractivity contribution in [2.75, 3.05) is 14.2 Å². The van der Waals surface area contributed by atoms with Gasteiger partial charge in [0.25, 0.3) is 0 Å². The monoisotopic (exact) mass is 386 g/mol. The largest absolute Gasteiger partial charge is 0.496 e. The van der Waals surface area contributed by atoms with Crippen LogP contribution in [-0.2, 0) is 9.36 Å². The van der Waals surface area contributed by atoms with Crippen LogP contribution in [0.15, 0.2) is 42.5 Å². The highest BCUT2D eigenvalue weighted by atomic mass is 31.1. The van der Waals surface area contributed by atoms with Gasteiger partial charge in [0.05, 0.1) is 20.1 Å². The molecule has 0 heterocycles. The lowest BCUT2D eigenvalue weighted by atomic mass is 9.89. The highest BCUT2D eigenvalue weighted by Crippen LogP contribution is 2.32. The number of rotatable bonds is 9. The first-order valence-corrected chi connectivity index (χ1v) is 9.07. The summed E-state index contributed by atoms with van der Waals surface area (Å²) in [7, 11) is 2.14. The van der Waals surface area contributed by atoms with E-state index in [-0.39, 0.29) is 23.1 Å². The Hall–Kier alpha value is -2.85. The Labute approximate surface area is 158 Å². The number of ether oxygens (including phenoxy) is 2. The van der Waals surface area contributed by atoms with Crippen LogP contribution < -0.4 is 9.47 Å². The SMILES string of the molecule is CCC(C(=O)P=O)C(=O)c1ccccc1C(=O)c1c(OC)cccc1OC. The van der Waals surface area contributed by atoms with Crippen LogP contribution in [0.1, 0.15) is 39.6 Å². The number of methoxy groups -OCH3 is 2. The highest BCUT2D eigenvalue weighted by Gasteiger charge is 2.30. The van der Waals surface area contributed by atoms with Gasteiger partial charge in [-0.15, -0.1) is 0 Å². The molecule has 27 heavy (non-hydrogen) atoms. The lowest BCUT2D eigenvalue weighted by Gasteiger charge is -2.15. The van der Waals surface area contributed by atoms with E-state index in [1.807, 2.05) is 0 Å². The van der Waals surface area contributed by atoms with Gasteiger partial charge in [0.2, 0.25) is 19.8 Å². The van der Waals surface area contributed by atoms with Crippen molar-refractivity contribution >= 4 is 25.6 Å². The molecule has 7 heteroatoms. The smallest absolute Gasteiger partial charge is 0.233 e. The molecule has 0 saturated carbocycles. The van der Waals surface area contributed by atoms with Crippen molar-refractivity contribution in [3.63, 3.8) is 0 Å². The maximum absolute atomic E-state index is 13.2. The second-order valence-corrected chi connectivity index (χ2v) is 6.29. The minimum absolute atomic E-state index is 0.0966. The summed E-state index contributed by atoms with van der Waals surface area (Å²) in [5, 5.41) is 0. The molecule has 0 aliphatic rings. The van der Waals surface area contributed by atoms with E-state index in [0.29, 0.717) is 11.5 Å². The molecule has 1 atom stereocenters. The van der Waals surface area contributed by atoms with E-state index in [2.05, 4.69) is 0 Å². The maximum Gasteiger partial charge on any atom is 0.233 e. The number of hydrogen-bond acceptors (Lipinski definition) is 6. The van der Waals surface area contributed by atoms with Crippen LogP contribution in [0.4, 0.5) is 0 Å². The van der Waals surface area contributed by atoms with Gasteiger partial charge in [-0.25, -0.2) is 0 Å². The molecule has 1 unspecified atom stereocenters. The minimum atomic E-state index is -1.07. The second kappa shape index (κ2) is 9.19. The molecular formula is C20H19O6P. The van der Waals surface area contributed by atoms with Crippen LogP contribution >= 0.6 is 8.46 Å². The summed E-state index contributed by atoms with van der Waals surface area (Å²) >= 11 is 0. The Kier molecular flexibility index (Phi) is 6.97. The van der Waals surface area contributed by atoms with Gasteiger partial charge < -0.3 is 9.47 Å². The number of ketones is 2. The first-order valence-electron chi connectivity index (χ1n) is 8.26. The van der Waals surface area contributed by atoms with Crippen LogP contribution in [0.5, 0.6) is 11.5 Å². The second-order valence-electron chi connectivity index (χ2n) is 5.67. The Morgan fingerprint density at radius 2 is 1.48 bits per heavy atom. The summed E-state index contributed by atoms with van der Waals surface area (Å²) in [4.78, 5) is 37.9. The molecule has 140 valence electrons. The fourth-order valence-corrected chi connectivity index (χ4v) is 3.26. The molecule has 6 nitrogen and oxygen atoms in total.